The Bertz CT molecular complexity index is 1610. The van der Waals surface area contributed by atoms with Crippen molar-refractivity contribution in [2.24, 2.45) is 5.92 Å². The summed E-state index contributed by atoms with van der Waals surface area (Å²) in [7, 11) is 0. The van der Waals surface area contributed by atoms with Crippen LogP contribution in [0.2, 0.25) is 0 Å². The van der Waals surface area contributed by atoms with Crippen LogP contribution in [0.4, 0.5) is 15.8 Å². The quantitative estimate of drug-likeness (QED) is 0.371. The number of halogens is 1. The van der Waals surface area contributed by atoms with Gasteiger partial charge in [0.15, 0.2) is 0 Å². The maximum absolute atomic E-state index is 13.7. The van der Waals surface area contributed by atoms with Gasteiger partial charge in [0.2, 0.25) is 17.7 Å². The number of nitrogens with zero attached hydrogens (tertiary/aromatic N) is 2. The predicted molar refractivity (Wildman–Crippen MR) is 141 cm³/mol. The standard InChI is InChI=1S/C27H20FN3O5S2/c1-14-4-10-17(11-5-14)31-24(33)21-20(18-3-2-12-36-18)23-26(37-22(21)25(31)34)30(27(35)38-23)13-19(32)29-16-8-6-15(28)7-9-16/h2-12,20-22H,13H2,1H3,(H,29,32)/t20-,21?,22?/m1/s1. The summed E-state index contributed by atoms with van der Waals surface area (Å²) < 4.78 is 20.2. The SMILES string of the molecule is Cc1ccc(N2C(=O)C3Sc4c(sc(=O)n4CC(=O)Nc4ccc(F)cc4)[C@H](c4ccco4)C3C2=O)cc1. The average molecular weight is 550 g/mol. The van der Waals surface area contributed by atoms with Gasteiger partial charge in [-0.25, -0.2) is 9.29 Å². The first-order chi connectivity index (χ1) is 18.3. The van der Waals surface area contributed by atoms with Crippen LogP contribution in [0.15, 0.2) is 81.2 Å². The Hall–Kier alpha value is -3.96. The van der Waals surface area contributed by atoms with Crippen LogP contribution in [-0.4, -0.2) is 27.5 Å². The molecule has 192 valence electrons. The maximum Gasteiger partial charge on any atom is 0.308 e. The van der Waals surface area contributed by atoms with Gasteiger partial charge in [0, 0.05) is 5.69 Å². The van der Waals surface area contributed by atoms with E-state index < -0.39 is 28.8 Å². The number of furan rings is 1. The number of hydrogen-bond donors (Lipinski definition) is 1. The summed E-state index contributed by atoms with van der Waals surface area (Å²) in [5, 5.41) is 2.32. The van der Waals surface area contributed by atoms with Gasteiger partial charge in [0.25, 0.3) is 0 Å². The lowest BCUT2D eigenvalue weighted by atomic mass is 9.87. The Balaban J connectivity index is 1.38. The second-order valence-electron chi connectivity index (χ2n) is 9.08. The molecule has 11 heteroatoms. The van der Waals surface area contributed by atoms with Crippen molar-refractivity contribution in [3.05, 3.63) is 98.6 Å². The molecule has 0 aliphatic carbocycles. The van der Waals surface area contributed by atoms with E-state index in [4.69, 9.17) is 4.42 Å². The van der Waals surface area contributed by atoms with Crippen LogP contribution in [-0.2, 0) is 20.9 Å². The van der Waals surface area contributed by atoms with E-state index in [1.807, 2.05) is 19.1 Å². The first-order valence-corrected chi connectivity index (χ1v) is 13.4. The molecule has 0 bridgehead atoms. The van der Waals surface area contributed by atoms with Crippen LogP contribution < -0.4 is 15.1 Å². The number of aromatic nitrogens is 1. The number of thioether (sulfide) groups is 1. The molecule has 2 unspecified atom stereocenters. The van der Waals surface area contributed by atoms with Gasteiger partial charge in [-0.05, 0) is 55.5 Å². The number of nitrogens with one attached hydrogen (secondary N) is 1. The van der Waals surface area contributed by atoms with Crippen LogP contribution in [0.25, 0.3) is 0 Å². The van der Waals surface area contributed by atoms with Gasteiger partial charge >= 0.3 is 4.87 Å². The molecule has 1 saturated heterocycles. The fourth-order valence-electron chi connectivity index (χ4n) is 4.86. The zero-order valence-electron chi connectivity index (χ0n) is 19.9. The van der Waals surface area contributed by atoms with Gasteiger partial charge in [0.05, 0.1) is 33.7 Å². The molecule has 6 rings (SSSR count). The predicted octanol–water partition coefficient (Wildman–Crippen LogP) is 4.38. The van der Waals surface area contributed by atoms with Gasteiger partial charge in [-0.2, -0.15) is 0 Å². The molecule has 0 saturated carbocycles. The van der Waals surface area contributed by atoms with E-state index in [2.05, 4.69) is 5.32 Å². The van der Waals surface area contributed by atoms with Crippen molar-refractivity contribution in [1.29, 1.82) is 0 Å². The van der Waals surface area contributed by atoms with Gasteiger partial charge < -0.3 is 9.73 Å². The van der Waals surface area contributed by atoms with E-state index in [0.29, 0.717) is 27.0 Å². The van der Waals surface area contributed by atoms with Crippen molar-refractivity contribution in [2.45, 2.75) is 29.7 Å². The summed E-state index contributed by atoms with van der Waals surface area (Å²) in [4.78, 5) is 54.6. The Labute approximate surface area is 224 Å². The highest BCUT2D eigenvalue weighted by molar-refractivity contribution is 8.00. The number of carbonyl (C=O) groups is 3. The first kappa shape index (κ1) is 24.4. The largest absolute Gasteiger partial charge is 0.469 e. The van der Waals surface area contributed by atoms with E-state index in [0.717, 1.165) is 28.7 Å². The van der Waals surface area contributed by atoms with E-state index in [-0.39, 0.29) is 23.2 Å². The molecule has 0 spiro atoms. The molecule has 4 aromatic rings. The molecule has 2 aliphatic heterocycles. The van der Waals surface area contributed by atoms with Crippen molar-refractivity contribution in [3.8, 4) is 0 Å². The molecule has 0 radical (unpaired) electrons. The summed E-state index contributed by atoms with van der Waals surface area (Å²) in [5.41, 5.74) is 1.87. The van der Waals surface area contributed by atoms with Crippen molar-refractivity contribution >= 4 is 52.2 Å². The Morgan fingerprint density at radius 1 is 1.03 bits per heavy atom. The number of carbonyl (C=O) groups excluding carboxylic acids is 3. The number of benzene rings is 2. The van der Waals surface area contributed by atoms with Crippen molar-refractivity contribution in [1.82, 2.24) is 4.57 Å². The lowest BCUT2D eigenvalue weighted by molar-refractivity contribution is -0.122. The maximum atomic E-state index is 13.7. The zero-order chi connectivity index (χ0) is 26.6. The molecular formula is C27H20FN3O5S2. The Morgan fingerprint density at radius 2 is 1.76 bits per heavy atom. The fourth-order valence-corrected chi connectivity index (χ4v) is 7.61. The molecule has 3 atom stereocenters. The lowest BCUT2D eigenvalue weighted by Gasteiger charge is -2.29. The van der Waals surface area contributed by atoms with Gasteiger partial charge in [-0.15, -0.1) is 0 Å². The van der Waals surface area contributed by atoms with E-state index in [1.165, 1.54) is 40.0 Å². The zero-order valence-corrected chi connectivity index (χ0v) is 21.6. The lowest BCUT2D eigenvalue weighted by Crippen LogP contribution is -2.32. The third-order valence-corrected chi connectivity index (χ3v) is 9.22. The molecule has 2 aromatic heterocycles. The van der Waals surface area contributed by atoms with Gasteiger partial charge in [0.1, 0.15) is 23.4 Å². The highest BCUT2D eigenvalue weighted by atomic mass is 32.2. The van der Waals surface area contributed by atoms with Crippen LogP contribution in [0.3, 0.4) is 0 Å². The normalized spacial score (nSPS) is 20.4. The molecular weight excluding hydrogens is 529 g/mol. The molecule has 38 heavy (non-hydrogen) atoms. The first-order valence-electron chi connectivity index (χ1n) is 11.8. The molecule has 1 fully saturated rings. The van der Waals surface area contributed by atoms with Gasteiger partial charge in [-0.1, -0.05) is 40.8 Å². The summed E-state index contributed by atoms with van der Waals surface area (Å²) in [6.45, 7) is 1.62. The molecule has 4 heterocycles. The highest BCUT2D eigenvalue weighted by Gasteiger charge is 2.57. The minimum Gasteiger partial charge on any atom is -0.469 e. The van der Waals surface area contributed by atoms with Crippen LogP contribution in [0.5, 0.6) is 0 Å². The summed E-state index contributed by atoms with van der Waals surface area (Å²) >= 11 is 2.07. The van der Waals surface area contributed by atoms with Crippen molar-refractivity contribution < 1.29 is 23.2 Å². The molecule has 1 N–H and O–H groups in total. The number of thiazole rings is 1. The number of hydrogen-bond acceptors (Lipinski definition) is 7. The van der Waals surface area contributed by atoms with Crippen molar-refractivity contribution in [2.75, 3.05) is 10.2 Å². The van der Waals surface area contributed by atoms with E-state index >= 15 is 0 Å². The van der Waals surface area contributed by atoms with Crippen LogP contribution in [0, 0.1) is 18.7 Å². The Morgan fingerprint density at radius 3 is 2.45 bits per heavy atom. The third kappa shape index (κ3) is 4.07. The molecule has 2 aromatic carbocycles. The summed E-state index contributed by atoms with van der Waals surface area (Å²) in [6, 6.07) is 15.9. The van der Waals surface area contributed by atoms with Crippen molar-refractivity contribution in [3.63, 3.8) is 0 Å². The number of imide groups is 1. The number of anilines is 2. The number of aryl methyl sites for hydroxylation is 1. The molecule has 2 aliphatic rings. The smallest absolute Gasteiger partial charge is 0.308 e. The average Bonchev–Trinajstić information content (AvgIpc) is 3.59. The number of amides is 3. The van der Waals surface area contributed by atoms with Gasteiger partial charge in [-0.3, -0.25) is 23.7 Å². The summed E-state index contributed by atoms with van der Waals surface area (Å²) in [5.74, 6) is -2.60. The topological polar surface area (TPSA) is 102 Å². The van der Waals surface area contributed by atoms with Crippen LogP contribution in [0.1, 0.15) is 22.1 Å². The van der Waals surface area contributed by atoms with E-state index in [9.17, 15) is 23.6 Å². The number of fused-ring (bicyclic) bond motifs is 2. The second-order valence-corrected chi connectivity index (χ2v) is 11.2. The third-order valence-electron chi connectivity index (χ3n) is 6.62. The molecule has 8 nitrogen and oxygen atoms in total. The summed E-state index contributed by atoms with van der Waals surface area (Å²) in [6.07, 6.45) is 1.49. The fraction of sp³-hybridized carbons (Fsp3) is 0.185. The monoisotopic (exact) mass is 549 g/mol. The highest BCUT2D eigenvalue weighted by Crippen LogP contribution is 2.53. The van der Waals surface area contributed by atoms with E-state index in [1.54, 1.807) is 24.3 Å². The Kier molecular flexibility index (Phi) is 6.04. The molecule has 3 amide bonds. The second kappa shape index (κ2) is 9.41. The van der Waals surface area contributed by atoms with Crippen LogP contribution >= 0.6 is 23.1 Å². The minimum atomic E-state index is -0.799. The number of rotatable bonds is 5. The minimum absolute atomic E-state index is 0.304.